The van der Waals surface area contributed by atoms with Gasteiger partial charge in [-0.15, -0.1) is 0 Å². The van der Waals surface area contributed by atoms with Gasteiger partial charge < -0.3 is 11.1 Å². The molecule has 1 aromatic rings. The van der Waals surface area contributed by atoms with Crippen molar-refractivity contribution in [1.29, 1.82) is 0 Å². The summed E-state index contributed by atoms with van der Waals surface area (Å²) in [4.78, 5) is 0. The van der Waals surface area contributed by atoms with E-state index in [0.29, 0.717) is 16.1 Å². The summed E-state index contributed by atoms with van der Waals surface area (Å²) < 4.78 is 0. The summed E-state index contributed by atoms with van der Waals surface area (Å²) in [5.74, 6) is 0. The van der Waals surface area contributed by atoms with Crippen LogP contribution in [0.3, 0.4) is 0 Å². The average Bonchev–Trinajstić information content (AvgIpc) is 3.02. The monoisotopic (exact) mass is 244 g/mol. The summed E-state index contributed by atoms with van der Waals surface area (Å²) in [6.07, 6.45) is 2.54. The summed E-state index contributed by atoms with van der Waals surface area (Å²) in [6, 6.07) is 6.21. The summed E-state index contributed by atoms with van der Waals surface area (Å²) >= 11 is 11.8. The van der Waals surface area contributed by atoms with Crippen molar-refractivity contribution in [1.82, 2.24) is 5.32 Å². The van der Waals surface area contributed by atoms with Crippen molar-refractivity contribution in [2.75, 3.05) is 6.54 Å². The van der Waals surface area contributed by atoms with Crippen molar-refractivity contribution < 1.29 is 0 Å². The van der Waals surface area contributed by atoms with E-state index in [9.17, 15) is 0 Å². The standard InChI is InChI=1S/C11H14Cl2N2/c12-9-4-1-7(5-10(9)13)11(14)6-15-8-2-3-8/h1,4-5,8,11,15H,2-3,6,14H2. The SMILES string of the molecule is NC(CNC1CC1)c1ccc(Cl)c(Cl)c1. The molecule has 0 spiro atoms. The molecule has 2 rings (SSSR count). The summed E-state index contributed by atoms with van der Waals surface area (Å²) in [7, 11) is 0. The van der Waals surface area contributed by atoms with Gasteiger partial charge in [-0.3, -0.25) is 0 Å². The fraction of sp³-hybridized carbons (Fsp3) is 0.455. The molecule has 0 radical (unpaired) electrons. The predicted octanol–water partition coefficient (Wildman–Crippen LogP) is 2.75. The Labute approximate surface area is 99.7 Å². The maximum absolute atomic E-state index is 6.03. The minimum atomic E-state index is -0.0135. The molecule has 0 aliphatic heterocycles. The van der Waals surface area contributed by atoms with E-state index in [1.54, 1.807) is 6.07 Å². The topological polar surface area (TPSA) is 38.0 Å². The Hall–Kier alpha value is -0.280. The highest BCUT2D eigenvalue weighted by molar-refractivity contribution is 6.42. The molecule has 2 nitrogen and oxygen atoms in total. The number of nitrogens with two attached hydrogens (primary N) is 1. The van der Waals surface area contributed by atoms with Crippen LogP contribution in [0, 0.1) is 0 Å². The molecule has 0 bridgehead atoms. The van der Waals surface area contributed by atoms with E-state index in [2.05, 4.69) is 5.32 Å². The van der Waals surface area contributed by atoms with Gasteiger partial charge in [0.25, 0.3) is 0 Å². The molecule has 1 aliphatic carbocycles. The van der Waals surface area contributed by atoms with Crippen molar-refractivity contribution in [3.8, 4) is 0 Å². The molecular formula is C11H14Cl2N2. The minimum absolute atomic E-state index is 0.0135. The molecule has 15 heavy (non-hydrogen) atoms. The van der Waals surface area contributed by atoms with Crippen LogP contribution in [0.4, 0.5) is 0 Å². The third kappa shape index (κ3) is 3.08. The van der Waals surface area contributed by atoms with E-state index >= 15 is 0 Å². The zero-order valence-electron chi connectivity index (χ0n) is 8.34. The smallest absolute Gasteiger partial charge is 0.0595 e. The fourth-order valence-corrected chi connectivity index (χ4v) is 1.75. The highest BCUT2D eigenvalue weighted by atomic mass is 35.5. The van der Waals surface area contributed by atoms with Crippen LogP contribution in [0.1, 0.15) is 24.4 Å². The Balaban J connectivity index is 1.97. The second-order valence-electron chi connectivity index (χ2n) is 3.96. The quantitative estimate of drug-likeness (QED) is 0.855. The van der Waals surface area contributed by atoms with Crippen LogP contribution < -0.4 is 11.1 Å². The first-order valence-corrected chi connectivity index (χ1v) is 5.86. The van der Waals surface area contributed by atoms with Crippen molar-refractivity contribution >= 4 is 23.2 Å². The molecule has 3 N–H and O–H groups in total. The maximum atomic E-state index is 6.03. The van der Waals surface area contributed by atoms with Gasteiger partial charge in [0.15, 0.2) is 0 Å². The Morgan fingerprint density at radius 3 is 2.67 bits per heavy atom. The maximum Gasteiger partial charge on any atom is 0.0595 e. The molecular weight excluding hydrogens is 231 g/mol. The lowest BCUT2D eigenvalue weighted by Gasteiger charge is -2.13. The van der Waals surface area contributed by atoms with Gasteiger partial charge in [0.05, 0.1) is 10.0 Å². The summed E-state index contributed by atoms with van der Waals surface area (Å²) in [5.41, 5.74) is 7.05. The number of rotatable bonds is 4. The summed E-state index contributed by atoms with van der Waals surface area (Å²) in [5, 5.41) is 4.53. The second kappa shape index (κ2) is 4.71. The lowest BCUT2D eigenvalue weighted by Crippen LogP contribution is -2.28. The van der Waals surface area contributed by atoms with Crippen molar-refractivity contribution in [2.45, 2.75) is 24.9 Å². The highest BCUT2D eigenvalue weighted by Gasteiger charge is 2.21. The Bertz CT molecular complexity index is 350. The normalized spacial score (nSPS) is 17.8. The predicted molar refractivity (Wildman–Crippen MR) is 64.4 cm³/mol. The summed E-state index contributed by atoms with van der Waals surface area (Å²) in [6.45, 7) is 0.794. The van der Waals surface area contributed by atoms with E-state index in [-0.39, 0.29) is 6.04 Å². The van der Waals surface area contributed by atoms with Crippen LogP contribution in [-0.2, 0) is 0 Å². The lowest BCUT2D eigenvalue weighted by atomic mass is 10.1. The van der Waals surface area contributed by atoms with Crippen LogP contribution in [0.2, 0.25) is 10.0 Å². The van der Waals surface area contributed by atoms with Gasteiger partial charge in [-0.2, -0.15) is 0 Å². The Morgan fingerprint density at radius 1 is 1.33 bits per heavy atom. The molecule has 0 heterocycles. The first-order valence-electron chi connectivity index (χ1n) is 5.10. The van der Waals surface area contributed by atoms with Crippen LogP contribution >= 0.6 is 23.2 Å². The third-order valence-electron chi connectivity index (χ3n) is 2.58. The molecule has 1 fully saturated rings. The van der Waals surface area contributed by atoms with Gasteiger partial charge in [0.1, 0.15) is 0 Å². The molecule has 82 valence electrons. The van der Waals surface area contributed by atoms with Gasteiger partial charge >= 0.3 is 0 Å². The first kappa shape index (κ1) is 11.2. The Kier molecular flexibility index (Phi) is 3.52. The molecule has 1 saturated carbocycles. The largest absolute Gasteiger partial charge is 0.323 e. The van der Waals surface area contributed by atoms with Gasteiger partial charge in [0.2, 0.25) is 0 Å². The second-order valence-corrected chi connectivity index (χ2v) is 4.78. The van der Waals surface area contributed by atoms with E-state index < -0.39 is 0 Å². The van der Waals surface area contributed by atoms with Crippen molar-refractivity contribution in [3.05, 3.63) is 33.8 Å². The van der Waals surface area contributed by atoms with Gasteiger partial charge in [-0.1, -0.05) is 29.3 Å². The van der Waals surface area contributed by atoms with Gasteiger partial charge in [-0.25, -0.2) is 0 Å². The molecule has 1 atom stereocenters. The molecule has 0 saturated heterocycles. The minimum Gasteiger partial charge on any atom is -0.323 e. The third-order valence-corrected chi connectivity index (χ3v) is 3.31. The zero-order valence-corrected chi connectivity index (χ0v) is 9.85. The number of benzene rings is 1. The van der Waals surface area contributed by atoms with E-state index in [1.807, 2.05) is 12.1 Å². The molecule has 1 unspecified atom stereocenters. The van der Waals surface area contributed by atoms with Crippen molar-refractivity contribution in [2.24, 2.45) is 5.73 Å². The van der Waals surface area contributed by atoms with Crippen LogP contribution in [0.25, 0.3) is 0 Å². The van der Waals surface area contributed by atoms with E-state index in [1.165, 1.54) is 12.8 Å². The number of hydrogen-bond donors (Lipinski definition) is 2. The Morgan fingerprint density at radius 2 is 2.07 bits per heavy atom. The molecule has 1 aromatic carbocycles. The van der Waals surface area contributed by atoms with Gasteiger partial charge in [0, 0.05) is 18.6 Å². The fourth-order valence-electron chi connectivity index (χ4n) is 1.44. The first-order chi connectivity index (χ1) is 7.16. The zero-order chi connectivity index (χ0) is 10.8. The molecule has 4 heteroatoms. The highest BCUT2D eigenvalue weighted by Crippen LogP contribution is 2.25. The number of halogens is 2. The average molecular weight is 245 g/mol. The van der Waals surface area contributed by atoms with Crippen LogP contribution in [0.15, 0.2) is 18.2 Å². The van der Waals surface area contributed by atoms with Crippen molar-refractivity contribution in [3.63, 3.8) is 0 Å². The van der Waals surface area contributed by atoms with E-state index in [4.69, 9.17) is 28.9 Å². The lowest BCUT2D eigenvalue weighted by molar-refractivity contribution is 0.595. The van der Waals surface area contributed by atoms with Crippen LogP contribution in [-0.4, -0.2) is 12.6 Å². The molecule has 0 aromatic heterocycles. The van der Waals surface area contributed by atoms with E-state index in [0.717, 1.165) is 12.1 Å². The molecule has 1 aliphatic rings. The molecule has 0 amide bonds. The number of nitrogens with one attached hydrogen (secondary N) is 1. The van der Waals surface area contributed by atoms with Gasteiger partial charge in [-0.05, 0) is 30.5 Å². The number of hydrogen-bond acceptors (Lipinski definition) is 2. The van der Waals surface area contributed by atoms with Crippen LogP contribution in [0.5, 0.6) is 0 Å².